The molecular weight excluding hydrogens is 264 g/mol. The number of nitrogens with one attached hydrogen (secondary N) is 1. The van der Waals surface area contributed by atoms with Crippen molar-refractivity contribution in [3.63, 3.8) is 0 Å². The van der Waals surface area contributed by atoms with Crippen molar-refractivity contribution < 1.29 is 24.9 Å². The Morgan fingerprint density at radius 3 is 2.45 bits per heavy atom. The van der Waals surface area contributed by atoms with Crippen LogP contribution in [0.4, 0.5) is 5.69 Å². The topological polar surface area (TPSA) is 120 Å². The van der Waals surface area contributed by atoms with E-state index in [2.05, 4.69) is 10.3 Å². The molecule has 7 heteroatoms. The van der Waals surface area contributed by atoms with Crippen molar-refractivity contribution in [3.05, 3.63) is 47.8 Å². The number of aromatic carboxylic acids is 1. The molecule has 0 aliphatic heterocycles. The van der Waals surface area contributed by atoms with Crippen LogP contribution >= 0.6 is 0 Å². The lowest BCUT2D eigenvalue weighted by molar-refractivity contribution is 0.0693. The Hall–Kier alpha value is -3.09. The highest BCUT2D eigenvalue weighted by atomic mass is 16.4. The Kier molecular flexibility index (Phi) is 3.52. The molecule has 1 aromatic heterocycles. The highest BCUT2D eigenvalue weighted by molar-refractivity contribution is 6.04. The van der Waals surface area contributed by atoms with Crippen molar-refractivity contribution in [1.82, 2.24) is 4.98 Å². The number of pyridine rings is 1. The van der Waals surface area contributed by atoms with Gasteiger partial charge in [-0.2, -0.15) is 0 Å². The molecule has 0 radical (unpaired) electrons. The number of amides is 1. The summed E-state index contributed by atoms with van der Waals surface area (Å²) >= 11 is 0. The molecule has 1 amide bonds. The Labute approximate surface area is 113 Å². The molecular formula is C13H10N2O5. The lowest BCUT2D eigenvalue weighted by Gasteiger charge is -2.07. The Morgan fingerprint density at radius 1 is 1.10 bits per heavy atom. The first-order valence-corrected chi connectivity index (χ1v) is 5.49. The number of nitrogens with zero attached hydrogens (tertiary/aromatic N) is 1. The fourth-order valence-corrected chi connectivity index (χ4v) is 1.55. The predicted molar refractivity (Wildman–Crippen MR) is 68.9 cm³/mol. The van der Waals surface area contributed by atoms with Gasteiger partial charge in [0.2, 0.25) is 0 Å². The molecule has 7 nitrogen and oxygen atoms in total. The van der Waals surface area contributed by atoms with Gasteiger partial charge in [-0.15, -0.1) is 0 Å². The number of benzene rings is 1. The van der Waals surface area contributed by atoms with Gasteiger partial charge in [-0.05, 0) is 18.2 Å². The minimum atomic E-state index is -1.27. The van der Waals surface area contributed by atoms with Crippen molar-refractivity contribution >= 4 is 17.6 Å². The summed E-state index contributed by atoms with van der Waals surface area (Å²) < 4.78 is 0. The maximum absolute atomic E-state index is 11.8. The van der Waals surface area contributed by atoms with Crippen LogP contribution in [0.1, 0.15) is 20.7 Å². The molecule has 0 saturated carbocycles. The fourth-order valence-electron chi connectivity index (χ4n) is 1.55. The van der Waals surface area contributed by atoms with Gasteiger partial charge < -0.3 is 20.6 Å². The van der Waals surface area contributed by atoms with Crippen LogP contribution in [0.25, 0.3) is 0 Å². The smallest absolute Gasteiger partial charge is 0.339 e. The van der Waals surface area contributed by atoms with Gasteiger partial charge in [-0.25, -0.2) is 4.79 Å². The van der Waals surface area contributed by atoms with E-state index in [9.17, 15) is 19.8 Å². The zero-order valence-corrected chi connectivity index (χ0v) is 10.1. The zero-order valence-electron chi connectivity index (χ0n) is 10.1. The van der Waals surface area contributed by atoms with Crippen molar-refractivity contribution in [1.29, 1.82) is 0 Å². The summed E-state index contributed by atoms with van der Waals surface area (Å²) in [4.78, 5) is 26.2. The monoisotopic (exact) mass is 274 g/mol. The lowest BCUT2D eigenvalue weighted by Crippen LogP contribution is -2.12. The summed E-state index contributed by atoms with van der Waals surface area (Å²) in [6.45, 7) is 0. The molecule has 4 N–H and O–H groups in total. The summed E-state index contributed by atoms with van der Waals surface area (Å²) in [5, 5.41) is 29.9. The van der Waals surface area contributed by atoms with E-state index in [1.807, 2.05) is 0 Å². The maximum atomic E-state index is 11.8. The fraction of sp³-hybridized carbons (Fsp3) is 0. The van der Waals surface area contributed by atoms with Crippen LogP contribution in [0, 0.1) is 0 Å². The average Bonchev–Trinajstić information content (AvgIpc) is 2.38. The van der Waals surface area contributed by atoms with Gasteiger partial charge in [-0.3, -0.25) is 9.78 Å². The van der Waals surface area contributed by atoms with Crippen molar-refractivity contribution in [2.75, 3.05) is 5.32 Å². The van der Waals surface area contributed by atoms with E-state index in [0.717, 1.165) is 6.07 Å². The Bertz CT molecular complexity index is 684. The van der Waals surface area contributed by atoms with E-state index in [-0.39, 0.29) is 22.6 Å². The van der Waals surface area contributed by atoms with E-state index >= 15 is 0 Å². The van der Waals surface area contributed by atoms with Gasteiger partial charge in [0, 0.05) is 18.0 Å². The minimum Gasteiger partial charge on any atom is -0.507 e. The summed E-state index contributed by atoms with van der Waals surface area (Å²) in [6.07, 6.45) is 2.45. The van der Waals surface area contributed by atoms with Crippen molar-refractivity contribution in [2.24, 2.45) is 0 Å². The summed E-state index contributed by atoms with van der Waals surface area (Å²) in [7, 11) is 0. The number of rotatable bonds is 3. The van der Waals surface area contributed by atoms with E-state index in [0.29, 0.717) is 0 Å². The number of phenols is 1. The number of hydrogen-bond donors (Lipinski definition) is 4. The van der Waals surface area contributed by atoms with Crippen LogP contribution in [-0.4, -0.2) is 32.2 Å². The highest BCUT2D eigenvalue weighted by Crippen LogP contribution is 2.22. The third-order valence-electron chi connectivity index (χ3n) is 2.47. The molecule has 0 aliphatic rings. The lowest BCUT2D eigenvalue weighted by atomic mass is 10.1. The van der Waals surface area contributed by atoms with Crippen LogP contribution in [0.5, 0.6) is 11.5 Å². The Morgan fingerprint density at radius 2 is 1.85 bits per heavy atom. The third kappa shape index (κ3) is 2.83. The number of aromatic hydroxyl groups is 2. The van der Waals surface area contributed by atoms with Crippen molar-refractivity contribution in [3.8, 4) is 11.5 Å². The molecule has 20 heavy (non-hydrogen) atoms. The first kappa shape index (κ1) is 13.3. The van der Waals surface area contributed by atoms with Gasteiger partial charge in [0.05, 0.1) is 11.8 Å². The van der Waals surface area contributed by atoms with E-state index in [1.54, 1.807) is 0 Å². The molecule has 102 valence electrons. The number of carboxylic acid groups (broad SMARTS) is 1. The third-order valence-corrected chi connectivity index (χ3v) is 2.47. The van der Waals surface area contributed by atoms with Crippen molar-refractivity contribution in [2.45, 2.75) is 0 Å². The quantitative estimate of drug-likeness (QED) is 0.672. The molecule has 2 aromatic rings. The van der Waals surface area contributed by atoms with E-state index in [1.165, 1.54) is 30.6 Å². The number of anilines is 1. The molecule has 0 bridgehead atoms. The molecule has 0 atom stereocenters. The molecule has 2 rings (SSSR count). The number of hydrogen-bond acceptors (Lipinski definition) is 5. The van der Waals surface area contributed by atoms with Crippen LogP contribution in [0.3, 0.4) is 0 Å². The standard InChI is InChI=1S/C13H10N2O5/c16-9-3-7(5-14-6-9)12(18)15-8-1-2-10(13(19)20)11(17)4-8/h1-6,16-17H,(H,15,18)(H,19,20). The summed E-state index contributed by atoms with van der Waals surface area (Å²) in [5.74, 6) is -2.42. The molecule has 0 aliphatic carbocycles. The molecule has 0 spiro atoms. The second kappa shape index (κ2) is 5.27. The predicted octanol–water partition coefficient (Wildman–Crippen LogP) is 1.44. The van der Waals surface area contributed by atoms with Crippen LogP contribution in [0.2, 0.25) is 0 Å². The highest BCUT2D eigenvalue weighted by Gasteiger charge is 2.12. The van der Waals surface area contributed by atoms with E-state index < -0.39 is 17.6 Å². The van der Waals surface area contributed by atoms with Gasteiger partial charge in [0.15, 0.2) is 0 Å². The van der Waals surface area contributed by atoms with Crippen LogP contribution < -0.4 is 5.32 Å². The summed E-state index contributed by atoms with van der Waals surface area (Å²) in [6, 6.07) is 4.87. The first-order valence-electron chi connectivity index (χ1n) is 5.49. The molecule has 0 saturated heterocycles. The molecule has 0 unspecified atom stereocenters. The zero-order chi connectivity index (χ0) is 14.7. The number of carbonyl (C=O) groups excluding carboxylic acids is 1. The number of aromatic nitrogens is 1. The minimum absolute atomic E-state index is 0.131. The van der Waals surface area contributed by atoms with Gasteiger partial charge in [0.25, 0.3) is 5.91 Å². The second-order valence-corrected chi connectivity index (χ2v) is 3.92. The van der Waals surface area contributed by atoms with E-state index in [4.69, 9.17) is 5.11 Å². The van der Waals surface area contributed by atoms with Gasteiger partial charge >= 0.3 is 5.97 Å². The largest absolute Gasteiger partial charge is 0.507 e. The Balaban J connectivity index is 2.20. The first-order chi connectivity index (χ1) is 9.47. The number of carboxylic acids is 1. The SMILES string of the molecule is O=C(Nc1ccc(C(=O)O)c(O)c1)c1cncc(O)c1. The summed E-state index contributed by atoms with van der Waals surface area (Å²) in [5.41, 5.74) is 0.0923. The molecule has 0 fully saturated rings. The maximum Gasteiger partial charge on any atom is 0.339 e. The molecule has 1 aromatic carbocycles. The van der Waals surface area contributed by atoms with Gasteiger partial charge in [0.1, 0.15) is 17.1 Å². The molecule has 1 heterocycles. The van der Waals surface area contributed by atoms with Crippen LogP contribution in [0.15, 0.2) is 36.7 Å². The number of carbonyl (C=O) groups is 2. The second-order valence-electron chi connectivity index (χ2n) is 3.92. The average molecular weight is 274 g/mol. The normalized spacial score (nSPS) is 10.0. The van der Waals surface area contributed by atoms with Crippen LogP contribution in [-0.2, 0) is 0 Å². The van der Waals surface area contributed by atoms with Gasteiger partial charge in [-0.1, -0.05) is 0 Å².